The molecule has 1 N–H and O–H groups in total. The van der Waals surface area contributed by atoms with Crippen LogP contribution in [0, 0.1) is 6.92 Å². The Morgan fingerprint density at radius 1 is 1.17 bits per heavy atom. The lowest BCUT2D eigenvalue weighted by Crippen LogP contribution is -2.28. The van der Waals surface area contributed by atoms with Crippen LogP contribution in [-0.4, -0.2) is 28.3 Å². The first kappa shape index (κ1) is 17.9. The minimum atomic E-state index is -0.608. The van der Waals surface area contributed by atoms with Crippen LogP contribution in [0.2, 0.25) is 0 Å². The normalized spacial score (nSPS) is 17.0. The third-order valence-electron chi connectivity index (χ3n) is 5.15. The Morgan fingerprint density at radius 3 is 2.72 bits per heavy atom. The summed E-state index contributed by atoms with van der Waals surface area (Å²) < 4.78 is 13.3. The number of rotatable bonds is 3. The van der Waals surface area contributed by atoms with Gasteiger partial charge in [-0.15, -0.1) is 0 Å². The van der Waals surface area contributed by atoms with Crippen molar-refractivity contribution in [1.82, 2.24) is 9.78 Å². The number of Topliss-reactive ketones (excluding diaryl/α,β-unsaturated/α-hetero) is 1. The molecule has 5 rings (SSSR count). The number of hydrogen-bond acceptors (Lipinski definition) is 5. The molecule has 0 aliphatic carbocycles. The molecule has 1 aromatic heterocycles. The zero-order valence-corrected chi connectivity index (χ0v) is 17.0. The number of anilines is 1. The molecule has 2 aliphatic heterocycles. The highest BCUT2D eigenvalue weighted by Crippen LogP contribution is 2.40. The van der Waals surface area contributed by atoms with E-state index in [0.29, 0.717) is 28.6 Å². The third-order valence-corrected chi connectivity index (χ3v) is 5.68. The lowest BCUT2D eigenvalue weighted by molar-refractivity contribution is -0.116. The first-order chi connectivity index (χ1) is 14.0. The van der Waals surface area contributed by atoms with Gasteiger partial charge in [0, 0.05) is 22.0 Å². The lowest BCUT2D eigenvalue weighted by atomic mass is 9.85. The SMILES string of the molecule is Cc1nn(-c2ccc(Br)cc2)c2c1[C@H](C(=O)c1ccc3c(c1)OCO3)CC(=O)N2. The molecule has 3 aromatic rings. The number of nitrogens with zero attached hydrogens (tertiary/aromatic N) is 2. The number of fused-ring (bicyclic) bond motifs is 2. The number of benzene rings is 2. The number of aryl methyl sites for hydroxylation is 1. The highest BCUT2D eigenvalue weighted by molar-refractivity contribution is 9.10. The summed E-state index contributed by atoms with van der Waals surface area (Å²) in [5, 5.41) is 7.49. The molecule has 0 fully saturated rings. The van der Waals surface area contributed by atoms with Crippen molar-refractivity contribution in [3.8, 4) is 17.2 Å². The summed E-state index contributed by atoms with van der Waals surface area (Å²) in [5.74, 6) is 0.734. The fourth-order valence-corrected chi connectivity index (χ4v) is 4.06. The summed E-state index contributed by atoms with van der Waals surface area (Å²) in [5.41, 5.74) is 2.74. The maximum absolute atomic E-state index is 13.3. The Kier molecular flexibility index (Phi) is 4.16. The van der Waals surface area contributed by atoms with Gasteiger partial charge in [0.05, 0.1) is 17.3 Å². The second-order valence-electron chi connectivity index (χ2n) is 6.97. The molecular formula is C21H16BrN3O4. The minimum absolute atomic E-state index is 0.0765. The minimum Gasteiger partial charge on any atom is -0.454 e. The van der Waals surface area contributed by atoms with Gasteiger partial charge >= 0.3 is 0 Å². The Hall–Kier alpha value is -3.13. The average molecular weight is 454 g/mol. The Bertz CT molecular complexity index is 1150. The van der Waals surface area contributed by atoms with Crippen molar-refractivity contribution in [1.29, 1.82) is 0 Å². The van der Waals surface area contributed by atoms with Crippen LogP contribution < -0.4 is 14.8 Å². The standard InChI is InChI=1S/C21H16BrN3O4/c1-11-19-15(20(27)12-2-7-16-17(8-12)29-10-28-16)9-18(26)23-21(19)25(24-11)14-5-3-13(22)4-6-14/h2-8,15H,9-10H2,1H3,(H,23,26)/t15-/m1/s1. The van der Waals surface area contributed by atoms with Crippen molar-refractivity contribution in [3.63, 3.8) is 0 Å². The summed E-state index contributed by atoms with van der Waals surface area (Å²) in [6, 6.07) is 12.7. The van der Waals surface area contributed by atoms with E-state index in [-0.39, 0.29) is 24.9 Å². The lowest BCUT2D eigenvalue weighted by Gasteiger charge is -2.23. The van der Waals surface area contributed by atoms with E-state index in [9.17, 15) is 9.59 Å². The van der Waals surface area contributed by atoms with E-state index in [1.54, 1.807) is 22.9 Å². The van der Waals surface area contributed by atoms with Crippen LogP contribution in [0.3, 0.4) is 0 Å². The quantitative estimate of drug-likeness (QED) is 0.606. The van der Waals surface area contributed by atoms with Crippen molar-refractivity contribution in [2.75, 3.05) is 12.1 Å². The molecule has 146 valence electrons. The van der Waals surface area contributed by atoms with E-state index in [1.165, 1.54) is 0 Å². The van der Waals surface area contributed by atoms with Gasteiger partial charge in [0.1, 0.15) is 5.82 Å². The molecule has 1 atom stereocenters. The summed E-state index contributed by atoms with van der Waals surface area (Å²) in [6.45, 7) is 1.99. The Morgan fingerprint density at radius 2 is 1.93 bits per heavy atom. The van der Waals surface area contributed by atoms with Crippen LogP contribution in [0.4, 0.5) is 5.82 Å². The number of halogens is 1. The van der Waals surface area contributed by atoms with Crippen LogP contribution in [0.1, 0.15) is 34.0 Å². The first-order valence-electron chi connectivity index (χ1n) is 9.10. The van der Waals surface area contributed by atoms with Gasteiger partial charge in [-0.3, -0.25) is 9.59 Å². The molecule has 3 heterocycles. The van der Waals surface area contributed by atoms with Gasteiger partial charge in [0.25, 0.3) is 0 Å². The van der Waals surface area contributed by atoms with Crippen LogP contribution >= 0.6 is 15.9 Å². The molecule has 7 nitrogen and oxygen atoms in total. The van der Waals surface area contributed by atoms with Crippen molar-refractivity contribution >= 4 is 33.4 Å². The number of carbonyl (C=O) groups excluding carboxylic acids is 2. The van der Waals surface area contributed by atoms with E-state index in [2.05, 4.69) is 26.3 Å². The van der Waals surface area contributed by atoms with Crippen LogP contribution in [-0.2, 0) is 4.79 Å². The van der Waals surface area contributed by atoms with Crippen molar-refractivity contribution < 1.29 is 19.1 Å². The largest absolute Gasteiger partial charge is 0.454 e. The van der Waals surface area contributed by atoms with Gasteiger partial charge in [0.15, 0.2) is 17.3 Å². The van der Waals surface area contributed by atoms with Crippen molar-refractivity contribution in [3.05, 3.63) is 63.8 Å². The second kappa shape index (κ2) is 6.73. The molecule has 8 heteroatoms. The van der Waals surface area contributed by atoms with Gasteiger partial charge in [0.2, 0.25) is 12.7 Å². The average Bonchev–Trinajstić information content (AvgIpc) is 3.31. The van der Waals surface area contributed by atoms with Gasteiger partial charge < -0.3 is 14.8 Å². The maximum Gasteiger partial charge on any atom is 0.231 e. The summed E-state index contributed by atoms with van der Waals surface area (Å²) in [7, 11) is 0. The Labute approximate surface area is 174 Å². The highest BCUT2D eigenvalue weighted by Gasteiger charge is 2.36. The van der Waals surface area contributed by atoms with E-state index >= 15 is 0 Å². The monoisotopic (exact) mass is 453 g/mol. The summed E-state index contributed by atoms with van der Waals surface area (Å²) >= 11 is 3.42. The van der Waals surface area contributed by atoms with Gasteiger partial charge in [-0.2, -0.15) is 5.10 Å². The maximum atomic E-state index is 13.3. The van der Waals surface area contributed by atoms with E-state index < -0.39 is 5.92 Å². The van der Waals surface area contributed by atoms with E-state index in [4.69, 9.17) is 9.47 Å². The zero-order valence-electron chi connectivity index (χ0n) is 15.4. The molecule has 0 spiro atoms. The fraction of sp³-hybridized carbons (Fsp3) is 0.190. The molecule has 2 aromatic carbocycles. The van der Waals surface area contributed by atoms with Crippen molar-refractivity contribution in [2.45, 2.75) is 19.3 Å². The van der Waals surface area contributed by atoms with Crippen LogP contribution in [0.15, 0.2) is 46.9 Å². The number of hydrogen-bond donors (Lipinski definition) is 1. The number of carbonyl (C=O) groups is 2. The van der Waals surface area contributed by atoms with Crippen LogP contribution in [0.5, 0.6) is 11.5 Å². The molecule has 1 amide bonds. The predicted octanol–water partition coefficient (Wildman–Crippen LogP) is 3.98. The number of amides is 1. The highest BCUT2D eigenvalue weighted by atomic mass is 79.9. The molecule has 0 radical (unpaired) electrons. The second-order valence-corrected chi connectivity index (χ2v) is 7.89. The molecule has 0 saturated heterocycles. The topological polar surface area (TPSA) is 82.5 Å². The zero-order chi connectivity index (χ0) is 20.1. The van der Waals surface area contributed by atoms with Crippen LogP contribution in [0.25, 0.3) is 5.69 Å². The van der Waals surface area contributed by atoms with E-state index in [1.807, 2.05) is 31.2 Å². The molecule has 0 bridgehead atoms. The summed E-state index contributed by atoms with van der Waals surface area (Å²) in [4.78, 5) is 25.8. The smallest absolute Gasteiger partial charge is 0.231 e. The molecule has 0 unspecified atom stereocenters. The number of ketones is 1. The van der Waals surface area contributed by atoms with Crippen molar-refractivity contribution in [2.24, 2.45) is 0 Å². The fourth-order valence-electron chi connectivity index (χ4n) is 3.79. The Balaban J connectivity index is 1.58. The van der Waals surface area contributed by atoms with E-state index in [0.717, 1.165) is 15.7 Å². The number of aromatic nitrogens is 2. The number of ether oxygens (including phenoxy) is 2. The van der Waals surface area contributed by atoms with Gasteiger partial charge in [-0.05, 0) is 49.4 Å². The third kappa shape index (κ3) is 3.00. The van der Waals surface area contributed by atoms with Gasteiger partial charge in [-0.25, -0.2) is 4.68 Å². The molecule has 2 aliphatic rings. The van der Waals surface area contributed by atoms with Gasteiger partial charge in [-0.1, -0.05) is 15.9 Å². The summed E-state index contributed by atoms with van der Waals surface area (Å²) in [6.07, 6.45) is 0.0765. The molecule has 0 saturated carbocycles. The number of nitrogens with one attached hydrogen (secondary N) is 1. The first-order valence-corrected chi connectivity index (χ1v) is 9.90. The molecular weight excluding hydrogens is 438 g/mol. The predicted molar refractivity (Wildman–Crippen MR) is 109 cm³/mol. The molecule has 29 heavy (non-hydrogen) atoms.